The number of imide groups is 1. The first kappa shape index (κ1) is 15.0. The average Bonchev–Trinajstić information content (AvgIpc) is 2.79. The van der Waals surface area contributed by atoms with Gasteiger partial charge in [0.15, 0.2) is 0 Å². The first-order valence-electron chi connectivity index (χ1n) is 8.01. The van der Waals surface area contributed by atoms with Gasteiger partial charge in [0.05, 0.1) is 12.6 Å². The molecule has 1 aromatic carbocycles. The molecule has 22 heavy (non-hydrogen) atoms. The number of hydrogen-bond donors (Lipinski definition) is 1. The number of β-amino-alcohol motifs (C(OH)–C–C–N with tert-alkyl or cyclic N) is 1. The molecule has 2 saturated heterocycles. The van der Waals surface area contributed by atoms with Crippen LogP contribution < -0.4 is 0 Å². The van der Waals surface area contributed by atoms with Gasteiger partial charge < -0.3 is 10.0 Å². The molecule has 0 radical (unpaired) electrons. The molecule has 0 aromatic heterocycles. The van der Waals surface area contributed by atoms with E-state index in [2.05, 4.69) is 0 Å². The predicted molar refractivity (Wildman–Crippen MR) is 82.2 cm³/mol. The summed E-state index contributed by atoms with van der Waals surface area (Å²) in [6, 6.07) is 9.40. The van der Waals surface area contributed by atoms with E-state index in [1.165, 1.54) is 4.90 Å². The number of aliphatic hydroxyl groups excluding tert-OH is 1. The summed E-state index contributed by atoms with van der Waals surface area (Å²) in [6.07, 6.45) is 3.32. The Morgan fingerprint density at radius 2 is 1.95 bits per heavy atom. The predicted octanol–water partition coefficient (Wildman–Crippen LogP) is 1.80. The van der Waals surface area contributed by atoms with Crippen molar-refractivity contribution in [3.05, 3.63) is 35.9 Å². The van der Waals surface area contributed by atoms with Gasteiger partial charge in [-0.25, -0.2) is 4.79 Å². The first-order valence-corrected chi connectivity index (χ1v) is 8.01. The van der Waals surface area contributed by atoms with E-state index >= 15 is 0 Å². The number of urea groups is 1. The maximum atomic E-state index is 12.3. The van der Waals surface area contributed by atoms with E-state index in [4.69, 9.17) is 0 Å². The third-order valence-electron chi connectivity index (χ3n) is 4.53. The van der Waals surface area contributed by atoms with Crippen molar-refractivity contribution >= 4 is 11.9 Å². The van der Waals surface area contributed by atoms with Gasteiger partial charge in [0, 0.05) is 6.54 Å². The lowest BCUT2D eigenvalue weighted by molar-refractivity contribution is -0.129. The quantitative estimate of drug-likeness (QED) is 0.844. The first-order chi connectivity index (χ1) is 10.7. The number of nitrogens with zero attached hydrogens (tertiary/aromatic N) is 2. The van der Waals surface area contributed by atoms with Gasteiger partial charge in [0.1, 0.15) is 6.04 Å². The number of hydrogen-bond acceptors (Lipinski definition) is 3. The number of benzene rings is 1. The van der Waals surface area contributed by atoms with Crippen molar-refractivity contribution in [1.82, 2.24) is 9.80 Å². The molecule has 2 fully saturated rings. The Morgan fingerprint density at radius 3 is 2.68 bits per heavy atom. The van der Waals surface area contributed by atoms with Crippen LogP contribution in [0.25, 0.3) is 0 Å². The van der Waals surface area contributed by atoms with Crippen LogP contribution in [0.5, 0.6) is 0 Å². The Kier molecular flexibility index (Phi) is 4.43. The minimum absolute atomic E-state index is 0.109. The summed E-state index contributed by atoms with van der Waals surface area (Å²) in [5, 5.41) is 10.2. The molecule has 3 amide bonds. The molecular weight excluding hydrogens is 280 g/mol. The van der Waals surface area contributed by atoms with E-state index in [-0.39, 0.29) is 24.5 Å². The second-order valence-corrected chi connectivity index (χ2v) is 6.11. The number of amides is 3. The van der Waals surface area contributed by atoms with Crippen LogP contribution in [0.3, 0.4) is 0 Å². The molecule has 2 heterocycles. The molecule has 0 aliphatic carbocycles. The fraction of sp³-hybridized carbons (Fsp3) is 0.529. The molecule has 0 unspecified atom stereocenters. The molecule has 2 aliphatic rings. The topological polar surface area (TPSA) is 60.9 Å². The molecule has 1 N–H and O–H groups in total. The zero-order valence-corrected chi connectivity index (χ0v) is 12.6. The van der Waals surface area contributed by atoms with Crippen LogP contribution in [-0.2, 0) is 11.2 Å². The van der Waals surface area contributed by atoms with E-state index in [0.29, 0.717) is 13.0 Å². The fourth-order valence-corrected chi connectivity index (χ4v) is 3.29. The maximum absolute atomic E-state index is 12.3. The van der Waals surface area contributed by atoms with Crippen LogP contribution in [0.2, 0.25) is 0 Å². The zero-order valence-electron chi connectivity index (χ0n) is 12.6. The van der Waals surface area contributed by atoms with Crippen LogP contribution in [0.15, 0.2) is 30.3 Å². The Bertz CT molecular complexity index is 522. The summed E-state index contributed by atoms with van der Waals surface area (Å²) >= 11 is 0. The van der Waals surface area contributed by atoms with E-state index in [1.54, 1.807) is 4.90 Å². The third-order valence-corrected chi connectivity index (χ3v) is 4.53. The van der Waals surface area contributed by atoms with Crippen LogP contribution in [0.4, 0.5) is 4.79 Å². The molecule has 5 nitrogen and oxygen atoms in total. The highest BCUT2D eigenvalue weighted by Crippen LogP contribution is 2.26. The summed E-state index contributed by atoms with van der Waals surface area (Å²) < 4.78 is 0. The third kappa shape index (κ3) is 2.99. The minimum atomic E-state index is -0.672. The molecular formula is C17H22N2O3. The molecule has 0 spiro atoms. The summed E-state index contributed by atoms with van der Waals surface area (Å²) in [5.41, 5.74) is 1.15. The van der Waals surface area contributed by atoms with Crippen molar-refractivity contribution in [3.8, 4) is 0 Å². The van der Waals surface area contributed by atoms with Crippen molar-refractivity contribution < 1.29 is 14.7 Å². The van der Waals surface area contributed by atoms with Crippen LogP contribution in [-0.4, -0.2) is 52.1 Å². The van der Waals surface area contributed by atoms with E-state index in [1.807, 2.05) is 30.3 Å². The molecule has 2 atom stereocenters. The van der Waals surface area contributed by atoms with Gasteiger partial charge in [-0.2, -0.15) is 0 Å². The SMILES string of the molecule is O=C1[C@@H]2CCCCN2C(=O)N1C[C@H](O)CCc1ccccc1. The highest BCUT2D eigenvalue weighted by molar-refractivity contribution is 6.04. The van der Waals surface area contributed by atoms with Crippen molar-refractivity contribution in [2.45, 2.75) is 44.2 Å². The molecule has 5 heteroatoms. The molecule has 0 saturated carbocycles. The Morgan fingerprint density at radius 1 is 1.18 bits per heavy atom. The number of fused-ring (bicyclic) bond motifs is 1. The van der Waals surface area contributed by atoms with Gasteiger partial charge in [-0.3, -0.25) is 9.69 Å². The number of carbonyl (C=O) groups excluding carboxylic acids is 2. The molecule has 2 aliphatic heterocycles. The largest absolute Gasteiger partial charge is 0.391 e. The van der Waals surface area contributed by atoms with E-state index in [0.717, 1.165) is 31.2 Å². The standard InChI is InChI=1S/C17H22N2O3/c20-14(10-9-13-6-2-1-3-7-13)12-19-16(21)15-8-4-5-11-18(15)17(19)22/h1-3,6-7,14-15,20H,4-5,8-12H2/t14-,15+/m1/s1. The summed E-state index contributed by atoms with van der Waals surface area (Å²) in [5.74, 6) is -0.136. The van der Waals surface area contributed by atoms with Gasteiger partial charge in [0.25, 0.3) is 5.91 Å². The van der Waals surface area contributed by atoms with Gasteiger partial charge in [-0.05, 0) is 37.7 Å². The van der Waals surface area contributed by atoms with Gasteiger partial charge in [-0.1, -0.05) is 30.3 Å². The monoisotopic (exact) mass is 302 g/mol. The van der Waals surface area contributed by atoms with Crippen LogP contribution in [0.1, 0.15) is 31.2 Å². The van der Waals surface area contributed by atoms with Crippen LogP contribution >= 0.6 is 0 Å². The van der Waals surface area contributed by atoms with Gasteiger partial charge >= 0.3 is 6.03 Å². The number of aryl methyl sites for hydroxylation is 1. The van der Waals surface area contributed by atoms with Gasteiger partial charge in [-0.15, -0.1) is 0 Å². The molecule has 118 valence electrons. The van der Waals surface area contributed by atoms with Crippen LogP contribution in [0, 0.1) is 0 Å². The van der Waals surface area contributed by atoms with E-state index < -0.39 is 6.10 Å². The lowest BCUT2D eigenvalue weighted by atomic mass is 10.0. The fourth-order valence-electron chi connectivity index (χ4n) is 3.29. The lowest BCUT2D eigenvalue weighted by Gasteiger charge is -2.26. The highest BCUT2D eigenvalue weighted by atomic mass is 16.3. The number of aliphatic hydroxyl groups is 1. The Labute approximate surface area is 130 Å². The Balaban J connectivity index is 1.56. The normalized spacial score (nSPS) is 22.9. The van der Waals surface area contributed by atoms with Crippen molar-refractivity contribution in [2.75, 3.05) is 13.1 Å². The number of carbonyl (C=O) groups is 2. The van der Waals surface area contributed by atoms with Crippen molar-refractivity contribution in [2.24, 2.45) is 0 Å². The minimum Gasteiger partial charge on any atom is -0.391 e. The number of piperidine rings is 1. The zero-order chi connectivity index (χ0) is 15.5. The highest BCUT2D eigenvalue weighted by Gasteiger charge is 2.46. The van der Waals surface area contributed by atoms with Crippen molar-refractivity contribution in [3.63, 3.8) is 0 Å². The summed E-state index contributed by atoms with van der Waals surface area (Å²) in [6.45, 7) is 0.767. The maximum Gasteiger partial charge on any atom is 0.327 e. The van der Waals surface area contributed by atoms with Gasteiger partial charge in [0.2, 0.25) is 0 Å². The molecule has 0 bridgehead atoms. The Hall–Kier alpha value is -1.88. The molecule has 1 aromatic rings. The lowest BCUT2D eigenvalue weighted by Crippen LogP contribution is -2.39. The second kappa shape index (κ2) is 6.48. The van der Waals surface area contributed by atoms with E-state index in [9.17, 15) is 14.7 Å². The molecule has 3 rings (SSSR count). The summed E-state index contributed by atoms with van der Waals surface area (Å²) in [7, 11) is 0. The summed E-state index contributed by atoms with van der Waals surface area (Å²) in [4.78, 5) is 27.5. The average molecular weight is 302 g/mol. The second-order valence-electron chi connectivity index (χ2n) is 6.11. The van der Waals surface area contributed by atoms with Crippen molar-refractivity contribution in [1.29, 1.82) is 0 Å². The smallest absolute Gasteiger partial charge is 0.327 e. The number of rotatable bonds is 5.